The fourth-order valence-corrected chi connectivity index (χ4v) is 20.8. The molecule has 7 rings (SSSR count). The monoisotopic (exact) mass is 1230 g/mol. The van der Waals surface area contributed by atoms with Gasteiger partial charge < -0.3 is 55.6 Å². The van der Waals surface area contributed by atoms with Crippen LogP contribution < -0.4 is 0 Å². The lowest BCUT2D eigenvalue weighted by Gasteiger charge is -2.49. The molecule has 0 N–H and O–H groups in total. The highest BCUT2D eigenvalue weighted by Gasteiger charge is 2.52. The first-order valence-corrected chi connectivity index (χ1v) is 37.0. The molecule has 5 aliphatic rings. The summed E-state index contributed by atoms with van der Waals surface area (Å²) in [6, 6.07) is 0. The molecule has 0 radical (unpaired) electrons. The van der Waals surface area contributed by atoms with E-state index < -0.39 is 52.8 Å². The number of rotatable bonds is 20. The Morgan fingerprint density at radius 1 is 0.849 bits per heavy atom. The number of carbonyl (C=O) groups is 1. The second-order valence-corrected chi connectivity index (χ2v) is 38.0. The number of oxazole rings is 2. The number of esters is 1. The largest absolute Gasteiger partial charge is 0.458 e. The Morgan fingerprint density at radius 3 is 2.22 bits per heavy atom. The summed E-state index contributed by atoms with van der Waals surface area (Å²) in [5.41, 5.74) is 5.47. The van der Waals surface area contributed by atoms with E-state index in [0.717, 1.165) is 41.7 Å². The van der Waals surface area contributed by atoms with Gasteiger partial charge >= 0.3 is 5.97 Å². The number of methoxy groups -OCH3 is 3. The Labute approximate surface area is 518 Å². The SMILES string of the molecule is C=CC[C@H](/C=C/C(C)=C/[C@H](O[Si](C(C)C)(C(C)C)C(C)C)[C@H]1C[C@@H](OC)C[C@](Cc2nc(/C=C(\C)[C@@H]3O[C@@H]4C/C=C/c5nc(co5)[C@H]5C[C@H](O[Si](C)(C)C(C)(C)C)C[C@@H](C[C@H]6CC(=C)C[C@H](C/C=C\C(=O)O[C@@H]([C@H]4C)[C@H]3C)O6)O5)co2)(OC)O1)OC. The summed E-state index contributed by atoms with van der Waals surface area (Å²) in [5, 5.41) is 0.0539. The van der Waals surface area contributed by atoms with Crippen molar-refractivity contribution in [3.63, 3.8) is 0 Å². The van der Waals surface area contributed by atoms with Gasteiger partial charge in [0.05, 0.1) is 67.5 Å². The van der Waals surface area contributed by atoms with Gasteiger partial charge in [-0.3, -0.25) is 0 Å². The molecule has 0 unspecified atom stereocenters. The van der Waals surface area contributed by atoms with Crippen molar-refractivity contribution in [1.82, 2.24) is 9.97 Å². The summed E-state index contributed by atoms with van der Waals surface area (Å²) in [7, 11) is 0.594. The molecule has 480 valence electrons. The lowest BCUT2D eigenvalue weighted by molar-refractivity contribution is -0.297. The Kier molecular flexibility index (Phi) is 24.5. The van der Waals surface area contributed by atoms with Crippen molar-refractivity contribution in [2.75, 3.05) is 21.3 Å². The van der Waals surface area contributed by atoms with Crippen LogP contribution in [0.2, 0.25) is 34.8 Å². The van der Waals surface area contributed by atoms with Crippen LogP contribution in [-0.2, 0) is 58.0 Å². The number of fused-ring (bicyclic) bond motifs is 9. The standard InChI is InChI=1S/C69H108N2O13Si2/c1-21-24-52(73-16)30-29-46(8)33-62(84-86(43(2)3,44(4)5)45(6)7)61-38-57(74-17)39-69(75-18,82-61)40-64-70-51(41-76-64)34-48(10)66-50(12)67-49(11)59(80-66)26-23-27-63-71-58(42-77-63)60-37-56(83-85(19,20)68(13,14)15)36-55(79-60)35-54-32-47(9)31-53(78-54)25-22-28-65(72)81-67/h21-23,27-30,33-34,41-45,49-50,52-57,59-62,66-67H,1,9,24-26,31-32,35-40H2,2-8,10-20H3/b27-23+,28-22-,30-29+,46-33+,48-34+/t49-,50-,52+,53-,54+,55+,56+,57+,59+,60+,61+,62-,66-,67-,69-/m0/s1. The van der Waals surface area contributed by atoms with Crippen molar-refractivity contribution >= 4 is 34.8 Å². The fourth-order valence-electron chi connectivity index (χ4n) is 13.9. The molecule has 7 heterocycles. The van der Waals surface area contributed by atoms with Crippen LogP contribution in [0.15, 0.2) is 93.8 Å². The molecule has 0 aliphatic carbocycles. The van der Waals surface area contributed by atoms with Crippen LogP contribution in [0.3, 0.4) is 0 Å². The molecule has 2 aromatic heterocycles. The molecular weight excluding hydrogens is 1120 g/mol. The summed E-state index contributed by atoms with van der Waals surface area (Å²) in [6.07, 6.45) is 24.7. The average Bonchev–Trinajstić information content (AvgIpc) is 1.57. The summed E-state index contributed by atoms with van der Waals surface area (Å²) in [6.45, 7) is 41.9. The number of hydrogen-bond acceptors (Lipinski definition) is 15. The first-order chi connectivity index (χ1) is 40.6. The zero-order chi connectivity index (χ0) is 62.9. The van der Waals surface area contributed by atoms with Crippen LogP contribution in [-0.4, -0.2) is 127 Å². The predicted octanol–water partition coefficient (Wildman–Crippen LogP) is 15.9. The van der Waals surface area contributed by atoms with E-state index in [0.29, 0.717) is 79.0 Å². The molecule has 8 bridgehead atoms. The Balaban J connectivity index is 1.14. The number of allylic oxidation sites excluding steroid dienone is 2. The van der Waals surface area contributed by atoms with Crippen LogP contribution in [0.1, 0.15) is 183 Å². The molecule has 5 aliphatic heterocycles. The van der Waals surface area contributed by atoms with Crippen LogP contribution in [0.5, 0.6) is 0 Å². The molecular formula is C69H108N2O13Si2. The lowest BCUT2D eigenvalue weighted by Crippen LogP contribution is -2.57. The van der Waals surface area contributed by atoms with E-state index in [4.69, 9.17) is 65.5 Å². The van der Waals surface area contributed by atoms with E-state index >= 15 is 0 Å². The minimum Gasteiger partial charge on any atom is -0.458 e. The molecule has 0 saturated carbocycles. The highest BCUT2D eigenvalue weighted by atomic mass is 28.4. The van der Waals surface area contributed by atoms with Gasteiger partial charge in [-0.15, -0.1) is 6.58 Å². The van der Waals surface area contributed by atoms with Crippen molar-refractivity contribution < 1.29 is 60.4 Å². The van der Waals surface area contributed by atoms with E-state index in [-0.39, 0.29) is 72.1 Å². The molecule has 15 atom stereocenters. The maximum atomic E-state index is 13.9. The van der Waals surface area contributed by atoms with Crippen LogP contribution in [0.25, 0.3) is 12.2 Å². The number of aromatic nitrogens is 2. The smallest absolute Gasteiger partial charge is 0.330 e. The minimum atomic E-state index is -2.44. The first-order valence-electron chi connectivity index (χ1n) is 32.0. The third kappa shape index (κ3) is 17.5. The van der Waals surface area contributed by atoms with E-state index in [2.05, 4.69) is 128 Å². The number of nitrogens with zero attached hydrogens (tertiary/aromatic N) is 2. The van der Waals surface area contributed by atoms with E-state index in [1.54, 1.807) is 39.9 Å². The number of ether oxygens (including phenoxy) is 8. The van der Waals surface area contributed by atoms with Gasteiger partial charge in [-0.1, -0.05) is 130 Å². The molecule has 17 heteroatoms. The molecule has 15 nitrogen and oxygen atoms in total. The van der Waals surface area contributed by atoms with Gasteiger partial charge in [0.2, 0.25) is 14.2 Å². The Hall–Kier alpha value is -3.86. The van der Waals surface area contributed by atoms with Gasteiger partial charge in [-0.05, 0) is 105 Å². The van der Waals surface area contributed by atoms with Crippen LogP contribution in [0.4, 0.5) is 0 Å². The molecule has 4 fully saturated rings. The minimum absolute atomic E-state index is 0.00261. The zero-order valence-corrected chi connectivity index (χ0v) is 57.6. The van der Waals surface area contributed by atoms with Gasteiger partial charge in [-0.25, -0.2) is 14.8 Å². The Bertz CT molecular complexity index is 2680. The normalized spacial score (nSPS) is 32.1. The van der Waals surface area contributed by atoms with Gasteiger partial charge in [0, 0.05) is 64.9 Å². The van der Waals surface area contributed by atoms with E-state index in [1.165, 1.54) is 0 Å². The van der Waals surface area contributed by atoms with Gasteiger partial charge in [-0.2, -0.15) is 0 Å². The molecule has 0 aromatic carbocycles. The van der Waals surface area contributed by atoms with Crippen molar-refractivity contribution in [3.05, 3.63) is 108 Å². The van der Waals surface area contributed by atoms with Gasteiger partial charge in [0.15, 0.2) is 20.0 Å². The second kappa shape index (κ2) is 30.3. The zero-order valence-electron chi connectivity index (χ0n) is 55.6. The lowest BCUT2D eigenvalue weighted by atomic mass is 9.79. The molecule has 0 amide bonds. The van der Waals surface area contributed by atoms with Crippen molar-refractivity contribution in [1.29, 1.82) is 0 Å². The fraction of sp³-hybridized carbons (Fsp3) is 0.696. The van der Waals surface area contributed by atoms with E-state index in [9.17, 15) is 4.79 Å². The molecule has 4 saturated heterocycles. The third-order valence-electron chi connectivity index (χ3n) is 19.4. The predicted molar refractivity (Wildman–Crippen MR) is 344 cm³/mol. The quantitative estimate of drug-likeness (QED) is 0.0532. The summed E-state index contributed by atoms with van der Waals surface area (Å²) in [4.78, 5) is 23.9. The van der Waals surface area contributed by atoms with Gasteiger partial charge in [0.1, 0.15) is 36.1 Å². The maximum Gasteiger partial charge on any atom is 0.330 e. The Morgan fingerprint density at radius 2 is 1.56 bits per heavy atom. The molecule has 2 aromatic rings. The first kappa shape index (κ1) is 69.6. The molecule has 0 spiro atoms. The second-order valence-electron chi connectivity index (χ2n) is 27.9. The van der Waals surface area contributed by atoms with Crippen molar-refractivity contribution in [2.45, 2.75) is 274 Å². The van der Waals surface area contributed by atoms with Crippen LogP contribution in [0, 0.1) is 11.8 Å². The summed E-state index contributed by atoms with van der Waals surface area (Å²) >= 11 is 0. The summed E-state index contributed by atoms with van der Waals surface area (Å²) < 4.78 is 79.7. The highest BCUT2D eigenvalue weighted by molar-refractivity contribution is 6.77. The van der Waals surface area contributed by atoms with Crippen LogP contribution >= 0.6 is 0 Å². The highest BCUT2D eigenvalue weighted by Crippen LogP contribution is 2.47. The number of hydrogen-bond donors (Lipinski definition) is 0. The van der Waals surface area contributed by atoms with Crippen molar-refractivity contribution in [3.8, 4) is 0 Å². The third-order valence-corrected chi connectivity index (χ3v) is 30.1. The van der Waals surface area contributed by atoms with Crippen molar-refractivity contribution in [2.24, 2.45) is 11.8 Å². The topological polar surface area (TPSA) is 161 Å². The maximum absolute atomic E-state index is 13.9. The average molecular weight is 1230 g/mol. The van der Waals surface area contributed by atoms with E-state index in [1.807, 2.05) is 37.3 Å². The molecule has 86 heavy (non-hydrogen) atoms. The van der Waals surface area contributed by atoms with Gasteiger partial charge in [0.25, 0.3) is 0 Å². The summed E-state index contributed by atoms with van der Waals surface area (Å²) in [5.74, 6) is -0.993. The number of carbonyl (C=O) groups excluding carboxylic acids is 1.